The zero-order chi connectivity index (χ0) is 13.2. The van der Waals surface area contributed by atoms with Crippen LogP contribution in [0.2, 0.25) is 0 Å². The number of hydrogen-bond acceptors (Lipinski definition) is 4. The van der Waals surface area contributed by atoms with E-state index in [9.17, 15) is 8.42 Å². The summed E-state index contributed by atoms with van der Waals surface area (Å²) in [5.74, 6) is 1.16. The van der Waals surface area contributed by atoms with Gasteiger partial charge in [-0.3, -0.25) is 0 Å². The van der Waals surface area contributed by atoms with Gasteiger partial charge in [-0.15, -0.1) is 0 Å². The van der Waals surface area contributed by atoms with Gasteiger partial charge >= 0.3 is 0 Å². The zero-order valence-electron chi connectivity index (χ0n) is 10.2. The van der Waals surface area contributed by atoms with E-state index in [1.165, 1.54) is 24.3 Å². The minimum Gasteiger partial charge on any atom is -0.508 e. The lowest BCUT2D eigenvalue weighted by Crippen LogP contribution is -2.36. The van der Waals surface area contributed by atoms with E-state index in [0.717, 1.165) is 18.6 Å². The molecule has 1 aliphatic rings. The first-order valence-electron chi connectivity index (χ1n) is 5.84. The maximum atomic E-state index is 12.0. The fraction of sp³-hybridized carbons (Fsp3) is 0.500. The van der Waals surface area contributed by atoms with Crippen LogP contribution in [0.3, 0.4) is 0 Å². The highest BCUT2D eigenvalue weighted by molar-refractivity contribution is 8.01. The highest BCUT2D eigenvalue weighted by Crippen LogP contribution is 2.37. The Hall–Kier alpha value is -0.720. The highest BCUT2D eigenvalue weighted by atomic mass is 32.2. The molecule has 18 heavy (non-hydrogen) atoms. The predicted octanol–water partition coefficient (Wildman–Crippen LogP) is 1.96. The smallest absolute Gasteiger partial charge is 0.240 e. The van der Waals surface area contributed by atoms with Gasteiger partial charge in [-0.1, -0.05) is 0 Å². The SMILES string of the molecule is CC1(CNS(=O)(=O)c2ccc(O)cc2)CCCS1. The quantitative estimate of drug-likeness (QED) is 0.888. The molecule has 1 unspecified atom stereocenters. The van der Waals surface area contributed by atoms with Crippen molar-refractivity contribution in [3.05, 3.63) is 24.3 Å². The number of hydrogen-bond donors (Lipinski definition) is 2. The van der Waals surface area contributed by atoms with E-state index in [0.29, 0.717) is 6.54 Å². The summed E-state index contributed by atoms with van der Waals surface area (Å²) < 4.78 is 26.7. The van der Waals surface area contributed by atoms with Crippen LogP contribution < -0.4 is 4.72 Å². The fourth-order valence-electron chi connectivity index (χ4n) is 1.93. The van der Waals surface area contributed by atoms with Gasteiger partial charge in [0, 0.05) is 11.3 Å². The number of aromatic hydroxyl groups is 1. The average molecular weight is 287 g/mol. The normalized spacial score (nSPS) is 24.3. The molecule has 4 nitrogen and oxygen atoms in total. The Kier molecular flexibility index (Phi) is 3.89. The Morgan fingerprint density at radius 3 is 2.61 bits per heavy atom. The third-order valence-electron chi connectivity index (χ3n) is 3.08. The molecule has 0 aromatic heterocycles. The van der Waals surface area contributed by atoms with Crippen LogP contribution in [0.5, 0.6) is 5.75 Å². The van der Waals surface area contributed by atoms with Crippen molar-refractivity contribution < 1.29 is 13.5 Å². The lowest BCUT2D eigenvalue weighted by Gasteiger charge is -2.22. The number of benzene rings is 1. The van der Waals surface area contributed by atoms with Crippen LogP contribution in [0.25, 0.3) is 0 Å². The summed E-state index contributed by atoms with van der Waals surface area (Å²) >= 11 is 1.82. The van der Waals surface area contributed by atoms with Crippen molar-refractivity contribution in [3.63, 3.8) is 0 Å². The van der Waals surface area contributed by atoms with Gasteiger partial charge in [0.25, 0.3) is 0 Å². The second-order valence-corrected chi connectivity index (χ2v) is 8.17. The van der Waals surface area contributed by atoms with Crippen LogP contribution in [0.4, 0.5) is 0 Å². The molecule has 1 aromatic carbocycles. The summed E-state index contributed by atoms with van der Waals surface area (Å²) in [6.07, 6.45) is 2.18. The van der Waals surface area contributed by atoms with Gasteiger partial charge in [-0.2, -0.15) is 11.8 Å². The number of phenols is 1. The van der Waals surface area contributed by atoms with Crippen molar-refractivity contribution in [2.24, 2.45) is 0 Å². The molecule has 1 saturated heterocycles. The summed E-state index contributed by atoms with van der Waals surface area (Å²) in [6, 6.07) is 5.56. The summed E-state index contributed by atoms with van der Waals surface area (Å²) in [6.45, 7) is 2.53. The van der Waals surface area contributed by atoms with Crippen LogP contribution in [-0.2, 0) is 10.0 Å². The Morgan fingerprint density at radius 1 is 1.39 bits per heavy atom. The lowest BCUT2D eigenvalue weighted by molar-refractivity contribution is 0.474. The number of rotatable bonds is 4. The Bertz CT molecular complexity index is 505. The monoisotopic (exact) mass is 287 g/mol. The van der Waals surface area contributed by atoms with Gasteiger partial charge in [0.05, 0.1) is 4.90 Å². The molecule has 0 radical (unpaired) electrons. The molecule has 1 atom stereocenters. The summed E-state index contributed by atoms with van der Waals surface area (Å²) in [4.78, 5) is 0.187. The molecular weight excluding hydrogens is 270 g/mol. The molecule has 2 rings (SSSR count). The van der Waals surface area contributed by atoms with Crippen LogP contribution in [0.1, 0.15) is 19.8 Å². The maximum Gasteiger partial charge on any atom is 0.240 e. The third kappa shape index (κ3) is 3.18. The molecule has 2 N–H and O–H groups in total. The first-order chi connectivity index (χ1) is 8.41. The third-order valence-corrected chi connectivity index (χ3v) is 6.04. The first kappa shape index (κ1) is 13.7. The van der Waals surface area contributed by atoms with Crippen LogP contribution in [-0.4, -0.2) is 30.6 Å². The molecule has 1 aliphatic heterocycles. The molecule has 0 spiro atoms. The van der Waals surface area contributed by atoms with Crippen molar-refractivity contribution in [2.45, 2.75) is 29.4 Å². The van der Waals surface area contributed by atoms with Gasteiger partial charge in [-0.25, -0.2) is 13.1 Å². The van der Waals surface area contributed by atoms with Crippen molar-refractivity contribution in [2.75, 3.05) is 12.3 Å². The largest absolute Gasteiger partial charge is 0.508 e. The van der Waals surface area contributed by atoms with E-state index >= 15 is 0 Å². The summed E-state index contributed by atoms with van der Waals surface area (Å²) in [7, 11) is -3.48. The zero-order valence-corrected chi connectivity index (χ0v) is 11.9. The van der Waals surface area contributed by atoms with Crippen LogP contribution in [0, 0.1) is 0 Å². The van der Waals surface area contributed by atoms with E-state index in [1.54, 1.807) is 0 Å². The van der Waals surface area contributed by atoms with Gasteiger partial charge in [0.2, 0.25) is 10.0 Å². The van der Waals surface area contributed by atoms with E-state index in [1.807, 2.05) is 11.8 Å². The maximum absolute atomic E-state index is 12.0. The Balaban J connectivity index is 2.05. The topological polar surface area (TPSA) is 66.4 Å². The lowest BCUT2D eigenvalue weighted by atomic mass is 10.1. The second kappa shape index (κ2) is 5.11. The van der Waals surface area contributed by atoms with E-state index < -0.39 is 10.0 Å². The van der Waals surface area contributed by atoms with Gasteiger partial charge in [0.1, 0.15) is 5.75 Å². The highest BCUT2D eigenvalue weighted by Gasteiger charge is 2.31. The second-order valence-electron chi connectivity index (χ2n) is 4.72. The van der Waals surface area contributed by atoms with Crippen molar-refractivity contribution >= 4 is 21.8 Å². The molecule has 0 amide bonds. The molecule has 0 bridgehead atoms. The Labute approximate surface area is 112 Å². The number of nitrogens with one attached hydrogen (secondary N) is 1. The van der Waals surface area contributed by atoms with Gasteiger partial charge in [0.15, 0.2) is 0 Å². The minimum atomic E-state index is -3.48. The summed E-state index contributed by atoms with van der Waals surface area (Å²) in [5, 5.41) is 9.15. The molecule has 1 aromatic rings. The molecule has 1 heterocycles. The first-order valence-corrected chi connectivity index (χ1v) is 8.31. The summed E-state index contributed by atoms with van der Waals surface area (Å²) in [5.41, 5.74) is 0. The van der Waals surface area contributed by atoms with Gasteiger partial charge in [-0.05, 0) is 49.8 Å². The molecule has 1 fully saturated rings. The van der Waals surface area contributed by atoms with E-state index in [4.69, 9.17) is 5.11 Å². The minimum absolute atomic E-state index is 0.00396. The molecule has 0 saturated carbocycles. The molecular formula is C12H17NO3S2. The van der Waals surface area contributed by atoms with Crippen LogP contribution >= 0.6 is 11.8 Å². The predicted molar refractivity (Wildman–Crippen MR) is 73.4 cm³/mol. The van der Waals surface area contributed by atoms with Crippen LogP contribution in [0.15, 0.2) is 29.2 Å². The van der Waals surface area contributed by atoms with Gasteiger partial charge < -0.3 is 5.11 Å². The van der Waals surface area contributed by atoms with E-state index in [-0.39, 0.29) is 15.4 Å². The molecule has 6 heteroatoms. The van der Waals surface area contributed by atoms with Crippen molar-refractivity contribution in [3.8, 4) is 5.75 Å². The molecule has 0 aliphatic carbocycles. The molecule has 100 valence electrons. The van der Waals surface area contributed by atoms with Crippen molar-refractivity contribution in [1.29, 1.82) is 0 Å². The Morgan fingerprint density at radius 2 is 2.06 bits per heavy atom. The van der Waals surface area contributed by atoms with E-state index in [2.05, 4.69) is 11.6 Å². The fourth-order valence-corrected chi connectivity index (χ4v) is 4.44. The number of sulfonamides is 1. The average Bonchev–Trinajstić information content (AvgIpc) is 2.75. The number of thioether (sulfide) groups is 1. The van der Waals surface area contributed by atoms with Crippen molar-refractivity contribution in [1.82, 2.24) is 4.72 Å². The standard InChI is InChI=1S/C12H17NO3S2/c1-12(7-2-8-17-12)9-13-18(15,16)11-5-3-10(14)4-6-11/h3-6,13-14H,2,7-9H2,1H3. The number of phenolic OH excluding ortho intramolecular Hbond substituents is 1.